The van der Waals surface area contributed by atoms with Gasteiger partial charge in [-0.1, -0.05) is 6.07 Å². The number of carboxylic acid groups (broad SMARTS) is 1. The number of carbonyl (C=O) groups is 2. The first-order chi connectivity index (χ1) is 9.56. The van der Waals surface area contributed by atoms with Crippen molar-refractivity contribution in [1.82, 2.24) is 9.78 Å². The van der Waals surface area contributed by atoms with E-state index in [9.17, 15) is 9.59 Å². The van der Waals surface area contributed by atoms with Gasteiger partial charge in [0.1, 0.15) is 0 Å². The minimum Gasteiger partial charge on any atom is -0.478 e. The second kappa shape index (κ2) is 4.48. The molecule has 0 radical (unpaired) electrons. The molecule has 1 aromatic carbocycles. The Kier molecular flexibility index (Phi) is 2.78. The quantitative estimate of drug-likeness (QED) is 0.893. The minimum atomic E-state index is -0.995. The average Bonchev–Trinajstić information content (AvgIpc) is 3.03. The molecular weight excluding hydrogens is 258 g/mol. The number of aryl methyl sites for hydroxylation is 1. The smallest absolute Gasteiger partial charge is 0.335 e. The van der Waals surface area contributed by atoms with E-state index in [2.05, 4.69) is 5.10 Å². The van der Waals surface area contributed by atoms with Gasteiger partial charge in [-0.2, -0.15) is 5.10 Å². The van der Waals surface area contributed by atoms with Crippen molar-refractivity contribution in [3.8, 4) is 0 Å². The topological polar surface area (TPSA) is 75.4 Å². The number of fused-ring (bicyclic) bond motifs is 1. The predicted molar refractivity (Wildman–Crippen MR) is 72.0 cm³/mol. The second-order valence-corrected chi connectivity index (χ2v) is 4.73. The number of aromatic nitrogens is 2. The van der Waals surface area contributed by atoms with Crippen molar-refractivity contribution in [3.05, 3.63) is 47.3 Å². The van der Waals surface area contributed by atoms with Crippen LogP contribution in [0.2, 0.25) is 0 Å². The molecule has 6 heteroatoms. The first-order valence-electron chi connectivity index (χ1n) is 6.24. The molecule has 0 saturated carbocycles. The number of rotatable bonds is 2. The number of carbonyl (C=O) groups excluding carboxylic acids is 1. The van der Waals surface area contributed by atoms with Gasteiger partial charge in [0.25, 0.3) is 5.91 Å². The Labute approximate surface area is 115 Å². The maximum atomic E-state index is 12.4. The number of amides is 1. The Morgan fingerprint density at radius 1 is 1.30 bits per heavy atom. The molecular formula is C14H13N3O3. The van der Waals surface area contributed by atoms with E-state index in [1.165, 1.54) is 0 Å². The number of benzene rings is 1. The first-order valence-corrected chi connectivity index (χ1v) is 6.24. The van der Waals surface area contributed by atoms with Crippen molar-refractivity contribution >= 4 is 17.6 Å². The summed E-state index contributed by atoms with van der Waals surface area (Å²) in [5.41, 5.74) is 2.20. The molecule has 0 saturated heterocycles. The lowest BCUT2D eigenvalue weighted by Gasteiger charge is -2.16. The predicted octanol–water partition coefficient (Wildman–Crippen LogP) is 1.32. The monoisotopic (exact) mass is 271 g/mol. The Balaban J connectivity index is 1.97. The number of anilines is 1. The molecule has 2 heterocycles. The Hall–Kier alpha value is -2.63. The summed E-state index contributed by atoms with van der Waals surface area (Å²) in [6.45, 7) is 0.549. The van der Waals surface area contributed by atoms with E-state index in [4.69, 9.17) is 5.11 Å². The second-order valence-electron chi connectivity index (χ2n) is 4.73. The van der Waals surface area contributed by atoms with Gasteiger partial charge < -0.3 is 10.0 Å². The number of carboxylic acids is 1. The molecule has 0 atom stereocenters. The van der Waals surface area contributed by atoms with Gasteiger partial charge in [-0.3, -0.25) is 9.48 Å². The molecule has 6 nitrogen and oxygen atoms in total. The number of nitrogens with zero attached hydrogens (tertiary/aromatic N) is 3. The fourth-order valence-electron chi connectivity index (χ4n) is 2.39. The van der Waals surface area contributed by atoms with Crippen molar-refractivity contribution in [2.24, 2.45) is 7.05 Å². The van der Waals surface area contributed by atoms with Crippen LogP contribution in [-0.4, -0.2) is 33.3 Å². The van der Waals surface area contributed by atoms with E-state index in [0.29, 0.717) is 17.9 Å². The molecule has 102 valence electrons. The highest BCUT2D eigenvalue weighted by Gasteiger charge is 2.27. The van der Waals surface area contributed by atoms with Gasteiger partial charge in [0.05, 0.1) is 5.56 Å². The van der Waals surface area contributed by atoms with Crippen molar-refractivity contribution < 1.29 is 14.7 Å². The van der Waals surface area contributed by atoms with E-state index in [-0.39, 0.29) is 11.5 Å². The summed E-state index contributed by atoms with van der Waals surface area (Å²) in [5.74, 6) is -1.20. The van der Waals surface area contributed by atoms with Crippen LogP contribution in [0.4, 0.5) is 5.69 Å². The zero-order valence-electron chi connectivity index (χ0n) is 10.9. The highest BCUT2D eigenvalue weighted by atomic mass is 16.4. The molecule has 0 bridgehead atoms. The van der Waals surface area contributed by atoms with Crippen LogP contribution in [0.5, 0.6) is 0 Å². The highest BCUT2D eigenvalue weighted by Crippen LogP contribution is 2.30. The molecule has 2 aromatic rings. The van der Waals surface area contributed by atoms with Gasteiger partial charge in [-0.25, -0.2) is 4.79 Å². The molecule has 1 aromatic heterocycles. The summed E-state index contributed by atoms with van der Waals surface area (Å²) in [7, 11) is 1.75. The summed E-state index contributed by atoms with van der Waals surface area (Å²) in [6.07, 6.45) is 2.44. The molecule has 1 N–H and O–H groups in total. The van der Waals surface area contributed by atoms with E-state index < -0.39 is 5.97 Å². The van der Waals surface area contributed by atoms with Crippen LogP contribution in [0.15, 0.2) is 30.5 Å². The summed E-state index contributed by atoms with van der Waals surface area (Å²) in [6, 6.07) is 6.53. The molecule has 20 heavy (non-hydrogen) atoms. The largest absolute Gasteiger partial charge is 0.478 e. The number of hydrogen-bond donors (Lipinski definition) is 1. The van der Waals surface area contributed by atoms with Gasteiger partial charge in [0.15, 0.2) is 5.69 Å². The average molecular weight is 271 g/mol. The number of hydrogen-bond acceptors (Lipinski definition) is 3. The summed E-state index contributed by atoms with van der Waals surface area (Å²) in [5, 5.41) is 13.1. The zero-order valence-corrected chi connectivity index (χ0v) is 10.9. The summed E-state index contributed by atoms with van der Waals surface area (Å²) < 4.78 is 1.57. The van der Waals surface area contributed by atoms with Crippen molar-refractivity contribution in [2.45, 2.75) is 6.42 Å². The molecule has 0 spiro atoms. The van der Waals surface area contributed by atoms with Crippen LogP contribution in [0.25, 0.3) is 0 Å². The Morgan fingerprint density at radius 2 is 2.10 bits per heavy atom. The van der Waals surface area contributed by atoms with Crippen LogP contribution >= 0.6 is 0 Å². The fraction of sp³-hybridized carbons (Fsp3) is 0.214. The normalized spacial score (nSPS) is 13.3. The van der Waals surface area contributed by atoms with Gasteiger partial charge >= 0.3 is 5.97 Å². The van der Waals surface area contributed by atoms with E-state index in [1.807, 2.05) is 0 Å². The van der Waals surface area contributed by atoms with E-state index >= 15 is 0 Å². The van der Waals surface area contributed by atoms with Crippen molar-refractivity contribution in [1.29, 1.82) is 0 Å². The van der Waals surface area contributed by atoms with Gasteiger partial charge in [-0.15, -0.1) is 0 Å². The fourth-order valence-corrected chi connectivity index (χ4v) is 2.39. The Morgan fingerprint density at radius 3 is 2.75 bits per heavy atom. The first kappa shape index (κ1) is 12.4. The van der Waals surface area contributed by atoms with Crippen molar-refractivity contribution in [3.63, 3.8) is 0 Å². The van der Waals surface area contributed by atoms with Crippen molar-refractivity contribution in [2.75, 3.05) is 11.4 Å². The zero-order chi connectivity index (χ0) is 14.3. The van der Waals surface area contributed by atoms with Gasteiger partial charge in [0, 0.05) is 25.5 Å². The molecule has 0 aliphatic carbocycles. The standard InChI is InChI=1S/C14H13N3O3/c1-16-6-5-11(15-16)13(18)17-7-4-9-2-3-10(14(19)20)8-12(9)17/h2-3,5-6,8H,4,7H2,1H3,(H,19,20). The molecule has 1 aliphatic heterocycles. The van der Waals surface area contributed by atoms with Crippen LogP contribution in [0.1, 0.15) is 26.4 Å². The SMILES string of the molecule is Cn1ccc(C(=O)N2CCc3ccc(C(=O)O)cc32)n1. The number of aromatic carboxylic acids is 1. The molecule has 1 amide bonds. The lowest BCUT2D eigenvalue weighted by Crippen LogP contribution is -2.29. The molecule has 3 rings (SSSR count). The highest BCUT2D eigenvalue weighted by molar-refractivity contribution is 6.06. The molecule has 0 fully saturated rings. The lowest BCUT2D eigenvalue weighted by atomic mass is 10.1. The third-order valence-electron chi connectivity index (χ3n) is 3.41. The van der Waals surface area contributed by atoms with E-state index in [0.717, 1.165) is 12.0 Å². The van der Waals surface area contributed by atoms with Crippen LogP contribution in [0.3, 0.4) is 0 Å². The van der Waals surface area contributed by atoms with Gasteiger partial charge in [-0.05, 0) is 30.2 Å². The lowest BCUT2D eigenvalue weighted by molar-refractivity contribution is 0.0696. The third-order valence-corrected chi connectivity index (χ3v) is 3.41. The third kappa shape index (κ3) is 1.95. The Bertz CT molecular complexity index is 705. The van der Waals surface area contributed by atoms with Gasteiger partial charge in [0.2, 0.25) is 0 Å². The summed E-state index contributed by atoms with van der Waals surface area (Å²) >= 11 is 0. The van der Waals surface area contributed by atoms with E-state index in [1.54, 1.807) is 47.1 Å². The summed E-state index contributed by atoms with van der Waals surface area (Å²) in [4.78, 5) is 25.0. The maximum Gasteiger partial charge on any atom is 0.335 e. The van der Waals surface area contributed by atoms with Crippen LogP contribution < -0.4 is 4.90 Å². The minimum absolute atomic E-state index is 0.185. The van der Waals surface area contributed by atoms with Crippen LogP contribution in [-0.2, 0) is 13.5 Å². The molecule has 1 aliphatic rings. The van der Waals surface area contributed by atoms with Crippen LogP contribution in [0, 0.1) is 0 Å². The maximum absolute atomic E-state index is 12.4. The molecule has 0 unspecified atom stereocenters.